The Morgan fingerprint density at radius 3 is 1.48 bits per heavy atom. The molecule has 0 fully saturated rings. The summed E-state index contributed by atoms with van der Waals surface area (Å²) in [7, 11) is 0. The lowest BCUT2D eigenvalue weighted by Gasteiger charge is -2.13. The van der Waals surface area contributed by atoms with E-state index in [0.717, 1.165) is 88.3 Å². The molecule has 10 aromatic carbocycles. The summed E-state index contributed by atoms with van der Waals surface area (Å²) in [4.78, 5) is 15.8. The van der Waals surface area contributed by atoms with E-state index in [1.54, 1.807) is 0 Å². The molecule has 0 aliphatic carbocycles. The van der Waals surface area contributed by atoms with Crippen LogP contribution in [0.3, 0.4) is 0 Å². The van der Waals surface area contributed by atoms with Crippen LogP contribution in [-0.2, 0) is 0 Å². The zero-order valence-electron chi connectivity index (χ0n) is 35.3. The van der Waals surface area contributed by atoms with E-state index in [-0.39, 0.29) is 0 Å². The Labute approximate surface area is 376 Å². The summed E-state index contributed by atoms with van der Waals surface area (Å²) in [5, 5.41) is 4.14. The average Bonchev–Trinajstić information content (AvgIpc) is 3.78. The molecule has 4 heteroatoms. The fourth-order valence-corrected chi connectivity index (χ4v) is 9.18. The summed E-state index contributed by atoms with van der Waals surface area (Å²) in [5.41, 5.74) is 15.7. The van der Waals surface area contributed by atoms with Gasteiger partial charge in [0.15, 0.2) is 17.5 Å². The molecule has 0 aliphatic rings. The van der Waals surface area contributed by atoms with Gasteiger partial charge in [-0.3, -0.25) is 0 Å². The van der Waals surface area contributed by atoms with Gasteiger partial charge >= 0.3 is 0 Å². The second kappa shape index (κ2) is 16.2. The third-order valence-electron chi connectivity index (χ3n) is 12.4. The molecular formula is C61H39N3O. The molecule has 4 nitrogen and oxygen atoms in total. The van der Waals surface area contributed by atoms with Crippen molar-refractivity contribution in [2.24, 2.45) is 0 Å². The normalized spacial score (nSPS) is 11.4. The molecule has 304 valence electrons. The summed E-state index contributed by atoms with van der Waals surface area (Å²) < 4.78 is 6.88. The van der Waals surface area contributed by atoms with Crippen LogP contribution in [0.4, 0.5) is 0 Å². The smallest absolute Gasteiger partial charge is 0.164 e. The predicted molar refractivity (Wildman–Crippen MR) is 268 cm³/mol. The Bertz CT molecular complexity index is 3680. The Balaban J connectivity index is 1.03. The van der Waals surface area contributed by atoms with Gasteiger partial charge in [0, 0.05) is 33.0 Å². The van der Waals surface area contributed by atoms with Crippen molar-refractivity contribution in [2.45, 2.75) is 0 Å². The van der Waals surface area contributed by atoms with E-state index in [4.69, 9.17) is 19.4 Å². The fourth-order valence-electron chi connectivity index (χ4n) is 9.18. The molecule has 0 saturated carbocycles. The molecule has 2 aromatic heterocycles. The van der Waals surface area contributed by atoms with Crippen molar-refractivity contribution in [1.82, 2.24) is 15.0 Å². The standard InChI is InChI=1S/C61H39N3O/c1-5-16-40(17-6-1)42-30-32-45(33-31-42)59-62-60(52-26-13-24-47-38-46(34-36-50(47)52)41-18-7-2-8-19-41)64-61(63-59)54-28-15-29-56-57(54)53-27-14-25-51(58(53)65-56)48-35-37-49(43-20-9-3-10-21-43)55(39-48)44-22-11-4-12-23-44/h1-39H. The summed E-state index contributed by atoms with van der Waals surface area (Å²) >= 11 is 0. The predicted octanol–water partition coefficient (Wildman–Crippen LogP) is 16.3. The molecule has 0 unspecified atom stereocenters. The van der Waals surface area contributed by atoms with Crippen LogP contribution in [0.2, 0.25) is 0 Å². The van der Waals surface area contributed by atoms with E-state index < -0.39 is 0 Å². The quantitative estimate of drug-likeness (QED) is 0.153. The number of fused-ring (bicyclic) bond motifs is 4. The summed E-state index contributed by atoms with van der Waals surface area (Å²) in [6.45, 7) is 0. The summed E-state index contributed by atoms with van der Waals surface area (Å²) in [5.74, 6) is 1.78. The number of furan rings is 1. The van der Waals surface area contributed by atoms with E-state index in [2.05, 4.69) is 212 Å². The van der Waals surface area contributed by atoms with Crippen molar-refractivity contribution in [3.63, 3.8) is 0 Å². The average molecular weight is 830 g/mol. The van der Waals surface area contributed by atoms with Crippen molar-refractivity contribution in [2.75, 3.05) is 0 Å². The summed E-state index contributed by atoms with van der Waals surface area (Å²) in [6.07, 6.45) is 0. The van der Waals surface area contributed by atoms with Gasteiger partial charge in [-0.25, -0.2) is 15.0 Å². The van der Waals surface area contributed by atoms with Gasteiger partial charge in [-0.05, 0) is 79.0 Å². The molecule has 0 aliphatic heterocycles. The van der Waals surface area contributed by atoms with Crippen LogP contribution in [0.1, 0.15) is 0 Å². The second-order valence-corrected chi connectivity index (χ2v) is 16.3. The molecule has 0 radical (unpaired) electrons. The minimum absolute atomic E-state index is 0.576. The fraction of sp³-hybridized carbons (Fsp3) is 0. The van der Waals surface area contributed by atoms with Gasteiger partial charge in [0.2, 0.25) is 0 Å². The third-order valence-corrected chi connectivity index (χ3v) is 12.4. The zero-order valence-corrected chi connectivity index (χ0v) is 35.3. The van der Waals surface area contributed by atoms with Crippen LogP contribution in [0.5, 0.6) is 0 Å². The first-order chi connectivity index (χ1) is 32.2. The molecule has 0 spiro atoms. The molecule has 12 aromatic rings. The maximum Gasteiger partial charge on any atom is 0.164 e. The third kappa shape index (κ3) is 7.04. The van der Waals surface area contributed by atoms with Gasteiger partial charge in [0.05, 0.1) is 0 Å². The number of hydrogen-bond acceptors (Lipinski definition) is 4. The van der Waals surface area contributed by atoms with Gasteiger partial charge < -0.3 is 4.42 Å². The molecule has 2 heterocycles. The SMILES string of the molecule is c1ccc(-c2ccc(-c3nc(-c4cccc5cc(-c6ccccc6)ccc45)nc(-c4cccc5oc6c(-c7ccc(-c8ccccc8)c(-c8ccccc8)c7)cccc6c45)n3)cc2)cc1. The van der Waals surface area contributed by atoms with Crippen LogP contribution in [-0.4, -0.2) is 15.0 Å². The number of rotatable bonds is 8. The minimum atomic E-state index is 0.576. The van der Waals surface area contributed by atoms with E-state index in [1.165, 1.54) is 16.7 Å². The Morgan fingerprint density at radius 2 is 0.769 bits per heavy atom. The van der Waals surface area contributed by atoms with Gasteiger partial charge in [0.25, 0.3) is 0 Å². The first-order valence-corrected chi connectivity index (χ1v) is 21.9. The lowest BCUT2D eigenvalue weighted by molar-refractivity contribution is 0.670. The van der Waals surface area contributed by atoms with Gasteiger partial charge in [-0.1, -0.05) is 218 Å². The monoisotopic (exact) mass is 829 g/mol. The number of hydrogen-bond donors (Lipinski definition) is 0. The molecule has 0 amide bonds. The Hall–Kier alpha value is -8.73. The maximum atomic E-state index is 6.88. The highest BCUT2D eigenvalue weighted by atomic mass is 16.3. The van der Waals surface area contributed by atoms with E-state index in [9.17, 15) is 0 Å². The van der Waals surface area contributed by atoms with E-state index >= 15 is 0 Å². The number of benzene rings is 10. The van der Waals surface area contributed by atoms with Crippen molar-refractivity contribution >= 4 is 32.7 Å². The zero-order chi connectivity index (χ0) is 43.1. The van der Waals surface area contributed by atoms with Gasteiger partial charge in [0.1, 0.15) is 11.2 Å². The highest BCUT2D eigenvalue weighted by molar-refractivity contribution is 6.15. The molecule has 12 rings (SSSR count). The van der Waals surface area contributed by atoms with Gasteiger partial charge in [-0.15, -0.1) is 0 Å². The van der Waals surface area contributed by atoms with Crippen molar-refractivity contribution in [3.8, 4) is 89.8 Å². The number of nitrogens with zero attached hydrogens (tertiary/aromatic N) is 3. The van der Waals surface area contributed by atoms with Crippen molar-refractivity contribution in [1.29, 1.82) is 0 Å². The van der Waals surface area contributed by atoms with Gasteiger partial charge in [-0.2, -0.15) is 0 Å². The molecular weight excluding hydrogens is 791 g/mol. The largest absolute Gasteiger partial charge is 0.455 e. The number of para-hydroxylation sites is 1. The van der Waals surface area contributed by atoms with Crippen molar-refractivity contribution in [3.05, 3.63) is 237 Å². The lowest BCUT2D eigenvalue weighted by Crippen LogP contribution is -2.01. The Kier molecular flexibility index (Phi) is 9.46. The molecule has 0 N–H and O–H groups in total. The number of aromatic nitrogens is 3. The summed E-state index contributed by atoms with van der Waals surface area (Å²) in [6, 6.07) is 82.9. The van der Waals surface area contributed by atoms with E-state index in [0.29, 0.717) is 17.5 Å². The highest BCUT2D eigenvalue weighted by Crippen LogP contribution is 2.43. The van der Waals surface area contributed by atoms with Crippen molar-refractivity contribution < 1.29 is 4.42 Å². The topological polar surface area (TPSA) is 51.8 Å². The minimum Gasteiger partial charge on any atom is -0.455 e. The van der Waals surface area contributed by atoms with Crippen LogP contribution in [0, 0.1) is 0 Å². The first kappa shape index (κ1) is 38.0. The molecule has 0 atom stereocenters. The maximum absolute atomic E-state index is 6.88. The van der Waals surface area contributed by atoms with Crippen LogP contribution in [0.25, 0.3) is 123 Å². The Morgan fingerprint density at radius 1 is 0.262 bits per heavy atom. The first-order valence-electron chi connectivity index (χ1n) is 21.9. The van der Waals surface area contributed by atoms with Crippen LogP contribution < -0.4 is 0 Å². The van der Waals surface area contributed by atoms with Crippen LogP contribution >= 0.6 is 0 Å². The molecule has 0 bridgehead atoms. The van der Waals surface area contributed by atoms with Crippen LogP contribution in [0.15, 0.2) is 241 Å². The highest BCUT2D eigenvalue weighted by Gasteiger charge is 2.21. The molecule has 0 saturated heterocycles. The molecule has 65 heavy (non-hydrogen) atoms. The second-order valence-electron chi connectivity index (χ2n) is 16.3. The lowest BCUT2D eigenvalue weighted by atomic mass is 9.90. The van der Waals surface area contributed by atoms with E-state index in [1.807, 2.05) is 24.3 Å².